The fraction of sp³-hybridized carbons (Fsp3) is 0.333. The molecule has 10 heteroatoms. The van der Waals surface area contributed by atoms with E-state index in [0.717, 1.165) is 10.6 Å². The Bertz CT molecular complexity index is 1120. The lowest BCUT2D eigenvalue weighted by Gasteiger charge is -2.20. The van der Waals surface area contributed by atoms with Crippen molar-refractivity contribution in [3.05, 3.63) is 75.3 Å². The number of ketones is 1. The summed E-state index contributed by atoms with van der Waals surface area (Å²) in [4.78, 5) is 59.4. The molecule has 10 nitrogen and oxygen atoms in total. The second-order valence-corrected chi connectivity index (χ2v) is 9.01. The molecule has 0 unspecified atom stereocenters. The number of nitro groups is 1. The van der Waals surface area contributed by atoms with Gasteiger partial charge in [-0.2, -0.15) is 0 Å². The number of benzene rings is 2. The number of nitrogens with zero attached hydrogens (tertiary/aromatic N) is 2. The summed E-state index contributed by atoms with van der Waals surface area (Å²) in [6, 6.07) is 12.0. The summed E-state index contributed by atoms with van der Waals surface area (Å²) in [5.41, 5.74) is 3.88. The summed E-state index contributed by atoms with van der Waals surface area (Å²) in [5.74, 6) is -3.02. The number of hydrogen-bond donors (Lipinski definition) is 1. The first-order valence-electron chi connectivity index (χ1n) is 10.6. The van der Waals surface area contributed by atoms with Crippen LogP contribution in [-0.2, 0) is 19.7 Å². The van der Waals surface area contributed by atoms with Gasteiger partial charge in [-0.25, -0.2) is 0 Å². The van der Waals surface area contributed by atoms with Crippen molar-refractivity contribution >= 4 is 29.3 Å². The van der Waals surface area contributed by atoms with Gasteiger partial charge in [0.1, 0.15) is 0 Å². The van der Waals surface area contributed by atoms with Gasteiger partial charge in [0.05, 0.1) is 17.4 Å². The molecule has 1 aliphatic heterocycles. The lowest BCUT2D eigenvalue weighted by Crippen LogP contribution is -2.43. The maximum absolute atomic E-state index is 12.5. The van der Waals surface area contributed by atoms with Gasteiger partial charge in [-0.3, -0.25) is 39.7 Å². The molecule has 1 saturated heterocycles. The predicted octanol–water partition coefficient (Wildman–Crippen LogP) is 2.81. The molecule has 0 spiro atoms. The second-order valence-electron chi connectivity index (χ2n) is 9.01. The van der Waals surface area contributed by atoms with Crippen molar-refractivity contribution in [2.75, 3.05) is 13.2 Å². The Morgan fingerprint density at radius 2 is 1.65 bits per heavy atom. The number of esters is 1. The standard InChI is InChI=1S/C24H25N3O7/c1-24(2,3)18-8-4-16(5-9-18)22(30)25-26-13-17(12-21(26)29)23(31)34-14-20(28)15-6-10-19(11-7-15)27(32)33/h4-11,17H,12-14H2,1-3H3,(H,25,30)/t17-/m1/s1. The van der Waals surface area contributed by atoms with Crippen molar-refractivity contribution in [1.29, 1.82) is 0 Å². The van der Waals surface area contributed by atoms with E-state index in [0.29, 0.717) is 5.56 Å². The van der Waals surface area contributed by atoms with E-state index >= 15 is 0 Å². The van der Waals surface area contributed by atoms with Gasteiger partial charge in [0, 0.05) is 29.7 Å². The highest BCUT2D eigenvalue weighted by Crippen LogP contribution is 2.23. The van der Waals surface area contributed by atoms with E-state index in [-0.39, 0.29) is 29.6 Å². The van der Waals surface area contributed by atoms with Gasteiger partial charge in [0.15, 0.2) is 12.4 Å². The largest absolute Gasteiger partial charge is 0.457 e. The molecule has 2 aromatic rings. The van der Waals surface area contributed by atoms with E-state index in [1.165, 1.54) is 24.3 Å². The highest BCUT2D eigenvalue weighted by atomic mass is 16.6. The Morgan fingerprint density at radius 1 is 1.06 bits per heavy atom. The first kappa shape index (κ1) is 24.6. The van der Waals surface area contributed by atoms with E-state index in [4.69, 9.17) is 4.74 Å². The van der Waals surface area contributed by atoms with E-state index < -0.39 is 41.0 Å². The number of non-ortho nitro benzene ring substituents is 1. The molecule has 1 N–H and O–H groups in total. The quantitative estimate of drug-likeness (QED) is 0.286. The van der Waals surface area contributed by atoms with Crippen LogP contribution in [0.4, 0.5) is 5.69 Å². The van der Waals surface area contributed by atoms with Crippen LogP contribution in [0.15, 0.2) is 48.5 Å². The summed E-state index contributed by atoms with van der Waals surface area (Å²) in [6.45, 7) is 5.54. The van der Waals surface area contributed by atoms with Crippen LogP contribution in [0.1, 0.15) is 53.5 Å². The zero-order valence-electron chi connectivity index (χ0n) is 19.1. The Kier molecular flexibility index (Phi) is 7.09. The minimum atomic E-state index is -0.833. The van der Waals surface area contributed by atoms with Crippen molar-refractivity contribution in [1.82, 2.24) is 10.4 Å². The normalized spacial score (nSPS) is 15.7. The van der Waals surface area contributed by atoms with Gasteiger partial charge in [-0.15, -0.1) is 0 Å². The Labute approximate surface area is 196 Å². The lowest BCUT2D eigenvalue weighted by molar-refractivity contribution is -0.384. The van der Waals surface area contributed by atoms with Gasteiger partial charge in [0.2, 0.25) is 5.91 Å². The smallest absolute Gasteiger partial charge is 0.311 e. The van der Waals surface area contributed by atoms with Crippen LogP contribution in [0, 0.1) is 16.0 Å². The minimum absolute atomic E-state index is 0.0621. The van der Waals surface area contributed by atoms with Crippen molar-refractivity contribution in [2.45, 2.75) is 32.6 Å². The molecule has 2 amide bonds. The number of hydrazine groups is 1. The molecule has 1 heterocycles. The van der Waals surface area contributed by atoms with Gasteiger partial charge in [-0.05, 0) is 35.2 Å². The van der Waals surface area contributed by atoms with E-state index in [9.17, 15) is 29.3 Å². The van der Waals surface area contributed by atoms with Crippen LogP contribution in [0.2, 0.25) is 0 Å². The number of carbonyl (C=O) groups is 4. The molecular weight excluding hydrogens is 442 g/mol. The zero-order valence-corrected chi connectivity index (χ0v) is 19.1. The third-order valence-electron chi connectivity index (χ3n) is 5.45. The highest BCUT2D eigenvalue weighted by Gasteiger charge is 2.36. The molecule has 0 radical (unpaired) electrons. The molecule has 178 valence electrons. The first-order chi connectivity index (χ1) is 16.0. The van der Waals surface area contributed by atoms with Gasteiger partial charge in [0.25, 0.3) is 11.6 Å². The molecule has 1 aliphatic rings. The average Bonchev–Trinajstić information content (AvgIpc) is 3.16. The van der Waals surface area contributed by atoms with E-state index in [2.05, 4.69) is 26.2 Å². The van der Waals surface area contributed by atoms with Crippen LogP contribution in [0.25, 0.3) is 0 Å². The van der Waals surface area contributed by atoms with Crippen LogP contribution < -0.4 is 5.43 Å². The summed E-state index contributed by atoms with van der Waals surface area (Å²) < 4.78 is 5.04. The van der Waals surface area contributed by atoms with E-state index in [1.807, 2.05) is 12.1 Å². The highest BCUT2D eigenvalue weighted by molar-refractivity contribution is 5.99. The van der Waals surface area contributed by atoms with Crippen molar-refractivity contribution in [2.24, 2.45) is 5.92 Å². The topological polar surface area (TPSA) is 136 Å². The molecule has 0 saturated carbocycles. The Balaban J connectivity index is 1.52. The van der Waals surface area contributed by atoms with Crippen LogP contribution in [0.3, 0.4) is 0 Å². The predicted molar refractivity (Wildman–Crippen MR) is 121 cm³/mol. The summed E-state index contributed by atoms with van der Waals surface area (Å²) >= 11 is 0. The SMILES string of the molecule is CC(C)(C)c1ccc(C(=O)NN2C[C@H](C(=O)OCC(=O)c3ccc([N+](=O)[O-])cc3)CC2=O)cc1. The third-order valence-corrected chi connectivity index (χ3v) is 5.45. The van der Waals surface area contributed by atoms with Crippen molar-refractivity contribution < 1.29 is 28.8 Å². The zero-order chi connectivity index (χ0) is 25.0. The molecule has 1 fully saturated rings. The summed E-state index contributed by atoms with van der Waals surface area (Å²) in [6.07, 6.45) is -0.159. The van der Waals surface area contributed by atoms with Crippen LogP contribution in [-0.4, -0.2) is 46.7 Å². The number of nitro benzene ring substituents is 1. The summed E-state index contributed by atoms with van der Waals surface area (Å²) in [7, 11) is 0. The molecule has 0 bridgehead atoms. The van der Waals surface area contributed by atoms with Gasteiger partial charge < -0.3 is 4.74 Å². The van der Waals surface area contributed by atoms with Gasteiger partial charge >= 0.3 is 5.97 Å². The number of nitrogens with one attached hydrogen (secondary N) is 1. The molecule has 0 aromatic heterocycles. The Morgan fingerprint density at radius 3 is 2.21 bits per heavy atom. The van der Waals surface area contributed by atoms with E-state index in [1.54, 1.807) is 12.1 Å². The molecule has 1 atom stereocenters. The van der Waals surface area contributed by atoms with Crippen molar-refractivity contribution in [3.8, 4) is 0 Å². The maximum atomic E-state index is 12.5. The lowest BCUT2D eigenvalue weighted by atomic mass is 9.87. The molecule has 0 aliphatic carbocycles. The van der Waals surface area contributed by atoms with Gasteiger partial charge in [-0.1, -0.05) is 32.9 Å². The third kappa shape index (κ3) is 5.83. The second kappa shape index (κ2) is 9.82. The molecular formula is C24H25N3O7. The number of amides is 2. The minimum Gasteiger partial charge on any atom is -0.457 e. The summed E-state index contributed by atoms with van der Waals surface area (Å²) in [5, 5.41) is 11.8. The molecule has 3 rings (SSSR count). The number of Topliss-reactive ketones (excluding diaryl/α,β-unsaturated/α-hetero) is 1. The fourth-order valence-electron chi connectivity index (χ4n) is 3.39. The average molecular weight is 467 g/mol. The number of hydrogen-bond acceptors (Lipinski definition) is 7. The maximum Gasteiger partial charge on any atom is 0.311 e. The van der Waals surface area contributed by atoms with Crippen LogP contribution in [0.5, 0.6) is 0 Å². The molecule has 34 heavy (non-hydrogen) atoms. The Hall–Kier alpha value is -4.08. The molecule has 2 aromatic carbocycles. The monoisotopic (exact) mass is 467 g/mol. The first-order valence-corrected chi connectivity index (χ1v) is 10.6. The fourth-order valence-corrected chi connectivity index (χ4v) is 3.39. The number of rotatable bonds is 7. The number of carbonyl (C=O) groups excluding carboxylic acids is 4. The number of ether oxygens (including phenoxy) is 1. The van der Waals surface area contributed by atoms with Crippen molar-refractivity contribution in [3.63, 3.8) is 0 Å². The van der Waals surface area contributed by atoms with Crippen LogP contribution >= 0.6 is 0 Å².